The molecule has 6 heteroatoms. The van der Waals surface area contributed by atoms with Crippen molar-refractivity contribution >= 4 is 5.97 Å². The van der Waals surface area contributed by atoms with Crippen molar-refractivity contribution < 1.29 is 29.0 Å². The molecule has 0 radical (unpaired) electrons. The fourth-order valence-electron chi connectivity index (χ4n) is 2.31. The van der Waals surface area contributed by atoms with E-state index < -0.39 is 12.1 Å². The molecule has 6 nitrogen and oxygen atoms in total. The molecule has 0 aromatic heterocycles. The van der Waals surface area contributed by atoms with Gasteiger partial charge >= 0.3 is 0 Å². The number of aliphatic hydroxyl groups excluding tert-OH is 1. The molecule has 2 atom stereocenters. The molecule has 21 heavy (non-hydrogen) atoms. The number of likely N-dealkylation sites (tertiary alicyclic amines) is 1. The molecule has 0 aromatic rings. The fourth-order valence-corrected chi connectivity index (χ4v) is 2.31. The Hall–Kier alpha value is -0.690. The van der Waals surface area contributed by atoms with E-state index >= 15 is 0 Å². The van der Waals surface area contributed by atoms with Crippen molar-refractivity contribution in [3.8, 4) is 0 Å². The van der Waals surface area contributed by atoms with E-state index in [-0.39, 0.29) is 11.6 Å². The summed E-state index contributed by atoms with van der Waals surface area (Å²) in [7, 11) is 6.14. The van der Waals surface area contributed by atoms with Crippen molar-refractivity contribution in [2.75, 3.05) is 41.0 Å². The van der Waals surface area contributed by atoms with Crippen LogP contribution >= 0.6 is 0 Å². The van der Waals surface area contributed by atoms with E-state index in [1.54, 1.807) is 7.11 Å². The lowest BCUT2D eigenvalue weighted by Gasteiger charge is -2.50. The normalized spacial score (nSPS) is 24.6. The van der Waals surface area contributed by atoms with Gasteiger partial charge in [0.2, 0.25) is 0 Å². The van der Waals surface area contributed by atoms with E-state index in [9.17, 15) is 5.11 Å². The molecule has 126 valence electrons. The van der Waals surface area contributed by atoms with Gasteiger partial charge in [-0.25, -0.2) is 0 Å². The number of hydrogen-bond donors (Lipinski definition) is 1. The number of methoxy groups -OCH3 is 1. The van der Waals surface area contributed by atoms with Crippen molar-refractivity contribution in [1.82, 2.24) is 0 Å². The Morgan fingerprint density at radius 2 is 1.95 bits per heavy atom. The number of carbonyl (C=O) groups excluding carboxylic acids is 1. The van der Waals surface area contributed by atoms with Gasteiger partial charge in [-0.1, -0.05) is 0 Å². The monoisotopic (exact) mass is 305 g/mol. The molecule has 0 aromatic carbocycles. The summed E-state index contributed by atoms with van der Waals surface area (Å²) < 4.78 is 11.7. The van der Waals surface area contributed by atoms with E-state index in [1.807, 2.05) is 0 Å². The van der Waals surface area contributed by atoms with Crippen molar-refractivity contribution in [1.29, 1.82) is 0 Å². The van der Waals surface area contributed by atoms with Gasteiger partial charge in [-0.05, 0) is 20.8 Å². The third-order valence-electron chi connectivity index (χ3n) is 4.26. The van der Waals surface area contributed by atoms with Crippen LogP contribution in [-0.4, -0.2) is 74.3 Å². The van der Waals surface area contributed by atoms with Crippen LogP contribution in [0.5, 0.6) is 0 Å². The summed E-state index contributed by atoms with van der Waals surface area (Å²) >= 11 is 0. The minimum absolute atomic E-state index is 0.231. The number of carboxylic acids is 1. The Bertz CT molecular complexity index is 313. The largest absolute Gasteiger partial charge is 0.550 e. The molecule has 0 bridgehead atoms. The van der Waals surface area contributed by atoms with Crippen LogP contribution in [0.25, 0.3) is 0 Å². The third kappa shape index (κ3) is 7.76. The summed E-state index contributed by atoms with van der Waals surface area (Å²) in [6.45, 7) is 7.39. The molecule has 0 spiro atoms. The molecule has 0 aliphatic carbocycles. The molecule has 0 amide bonds. The van der Waals surface area contributed by atoms with Crippen LogP contribution in [0.1, 0.15) is 33.6 Å². The molecule has 1 saturated heterocycles. The van der Waals surface area contributed by atoms with Crippen molar-refractivity contribution in [2.24, 2.45) is 0 Å². The summed E-state index contributed by atoms with van der Waals surface area (Å²) in [6, 6.07) is 0. The quantitative estimate of drug-likeness (QED) is 0.711. The average molecular weight is 305 g/mol. The van der Waals surface area contributed by atoms with Crippen molar-refractivity contribution in [3.63, 3.8) is 0 Å². The van der Waals surface area contributed by atoms with Crippen LogP contribution in [-0.2, 0) is 14.3 Å². The van der Waals surface area contributed by atoms with Crippen LogP contribution in [0.3, 0.4) is 0 Å². The smallest absolute Gasteiger partial charge is 0.101 e. The Labute approximate surface area is 128 Å². The molecule has 1 heterocycles. The molecule has 2 unspecified atom stereocenters. The molecule has 1 fully saturated rings. The Morgan fingerprint density at radius 3 is 2.38 bits per heavy atom. The van der Waals surface area contributed by atoms with Gasteiger partial charge in [0, 0.05) is 25.9 Å². The van der Waals surface area contributed by atoms with E-state index in [1.165, 1.54) is 0 Å². The second-order valence-electron chi connectivity index (χ2n) is 6.77. The van der Waals surface area contributed by atoms with Gasteiger partial charge in [-0.2, -0.15) is 0 Å². The number of aliphatic carboxylic acids is 1. The lowest BCUT2D eigenvalue weighted by Crippen LogP contribution is -2.61. The first-order valence-corrected chi connectivity index (χ1v) is 7.31. The number of quaternary nitrogens is 1. The zero-order valence-electron chi connectivity index (χ0n) is 14.2. The Kier molecular flexibility index (Phi) is 8.39. The van der Waals surface area contributed by atoms with E-state index in [2.05, 4.69) is 27.9 Å². The van der Waals surface area contributed by atoms with E-state index in [4.69, 9.17) is 19.4 Å². The number of nitrogens with zero attached hydrogens (tertiary/aromatic N) is 1. The summed E-state index contributed by atoms with van der Waals surface area (Å²) in [5.41, 5.74) is 0.231. The first kappa shape index (κ1) is 20.3. The Morgan fingerprint density at radius 1 is 1.43 bits per heavy atom. The number of carbonyl (C=O) groups is 1. The maximum Gasteiger partial charge on any atom is 0.101 e. The average Bonchev–Trinajstić information content (AvgIpc) is 2.30. The Balaban J connectivity index is 0.000000885. The lowest BCUT2D eigenvalue weighted by atomic mass is 9.86. The summed E-state index contributed by atoms with van der Waals surface area (Å²) in [6.07, 6.45) is 1.87. The minimum Gasteiger partial charge on any atom is -0.550 e. The van der Waals surface area contributed by atoms with Crippen LogP contribution in [0.2, 0.25) is 0 Å². The van der Waals surface area contributed by atoms with E-state index in [0.29, 0.717) is 13.2 Å². The highest BCUT2D eigenvalue weighted by atomic mass is 16.5. The van der Waals surface area contributed by atoms with Gasteiger partial charge in [-0.15, -0.1) is 0 Å². The van der Waals surface area contributed by atoms with E-state index in [0.717, 1.165) is 30.8 Å². The fraction of sp³-hybridized carbons (Fsp3) is 0.933. The highest BCUT2D eigenvalue weighted by molar-refractivity contribution is 5.60. The van der Waals surface area contributed by atoms with Crippen LogP contribution in [0.15, 0.2) is 0 Å². The predicted molar refractivity (Wildman–Crippen MR) is 78.6 cm³/mol. The van der Waals surface area contributed by atoms with Gasteiger partial charge in [0.15, 0.2) is 0 Å². The SMILES string of the molecule is CC(=O)[O-].COCC(O)COC1CC[N+](C)(C)C(C)(C)C1. The topological polar surface area (TPSA) is 78.8 Å². The molecule has 1 aliphatic heterocycles. The number of ether oxygens (including phenoxy) is 2. The highest BCUT2D eigenvalue weighted by Crippen LogP contribution is 2.33. The number of rotatable bonds is 5. The third-order valence-corrected chi connectivity index (χ3v) is 4.26. The zero-order valence-corrected chi connectivity index (χ0v) is 14.2. The number of piperidine rings is 1. The van der Waals surface area contributed by atoms with Crippen molar-refractivity contribution in [2.45, 2.75) is 51.4 Å². The molecular weight excluding hydrogens is 274 g/mol. The van der Waals surface area contributed by atoms with Gasteiger partial charge in [0.05, 0.1) is 45.5 Å². The molecular formula is C15H31NO5. The first-order valence-electron chi connectivity index (χ1n) is 7.31. The molecule has 1 aliphatic rings. The highest BCUT2D eigenvalue weighted by Gasteiger charge is 2.43. The first-order chi connectivity index (χ1) is 9.51. The molecule has 1 N–H and O–H groups in total. The zero-order chi connectivity index (χ0) is 16.7. The standard InChI is InChI=1S/C13H28NO3.C2H4O2/c1-13(2)8-12(6-7-14(13,3)4)17-10-11(15)9-16-5;1-2(3)4/h11-12,15H,6-10H2,1-5H3;1H3,(H,3,4)/q+1;/p-1. The van der Waals surface area contributed by atoms with Gasteiger partial charge in [0.25, 0.3) is 0 Å². The number of aliphatic hydroxyl groups is 1. The van der Waals surface area contributed by atoms with Crippen LogP contribution in [0, 0.1) is 0 Å². The maximum absolute atomic E-state index is 9.56. The summed E-state index contributed by atoms with van der Waals surface area (Å²) in [5.74, 6) is -1.08. The second-order valence-corrected chi connectivity index (χ2v) is 6.77. The lowest BCUT2D eigenvalue weighted by molar-refractivity contribution is -0.944. The molecule has 1 rings (SSSR count). The van der Waals surface area contributed by atoms with Gasteiger partial charge in [-0.3, -0.25) is 0 Å². The predicted octanol–water partition coefficient (Wildman–Crippen LogP) is -0.216. The second kappa shape index (κ2) is 8.68. The van der Waals surface area contributed by atoms with Gasteiger partial charge in [0.1, 0.15) is 6.10 Å². The number of carboxylic acid groups (broad SMARTS) is 1. The summed E-state index contributed by atoms with van der Waals surface area (Å²) in [5, 5.41) is 18.4. The summed E-state index contributed by atoms with van der Waals surface area (Å²) in [4.78, 5) is 8.89. The van der Waals surface area contributed by atoms with Crippen LogP contribution < -0.4 is 5.11 Å². The molecule has 0 saturated carbocycles. The maximum atomic E-state index is 9.56. The number of hydrogen-bond acceptors (Lipinski definition) is 5. The minimum atomic E-state index is -1.08. The van der Waals surface area contributed by atoms with Crippen molar-refractivity contribution in [3.05, 3.63) is 0 Å². The van der Waals surface area contributed by atoms with Crippen LogP contribution in [0.4, 0.5) is 0 Å². The van der Waals surface area contributed by atoms with Gasteiger partial charge < -0.3 is 29.0 Å².